The first-order valence-corrected chi connectivity index (χ1v) is 21.4. The number of non-ortho nitro benzene ring substituents is 1. The molecule has 7 rings (SSSR count). The van der Waals surface area contributed by atoms with Crippen molar-refractivity contribution in [1.29, 1.82) is 0 Å². The van der Waals surface area contributed by atoms with Gasteiger partial charge in [0.15, 0.2) is 11.8 Å². The first kappa shape index (κ1) is 37.8. The molecule has 2 fully saturated rings. The van der Waals surface area contributed by atoms with Crippen LogP contribution in [-0.2, 0) is 49.0 Å². The Bertz CT molecular complexity index is 2120. The van der Waals surface area contributed by atoms with E-state index >= 15 is 4.79 Å². The Morgan fingerprint density at radius 2 is 1.84 bits per heavy atom. The SMILES string of the molecule is COc1ccc([Si](C)(C)[C@@H]2[C@@H](CCn3cc(CCO)nn3)O[C@]3(C(=O)N(Cc4ccc(N5C(=O)CC5OC(C)=O)cc4)c4ccc([N+](=O)[O-])cc43)[C@H]2C)cc1. The van der Waals surface area contributed by atoms with Crippen molar-refractivity contribution in [3.05, 3.63) is 99.9 Å². The number of ether oxygens (including phenoxy) is 3. The average Bonchev–Trinajstić information content (AvgIpc) is 3.80. The molecule has 1 spiro atoms. The van der Waals surface area contributed by atoms with Gasteiger partial charge in [-0.05, 0) is 47.9 Å². The Labute approximate surface area is 318 Å². The Morgan fingerprint density at radius 1 is 1.11 bits per heavy atom. The highest BCUT2D eigenvalue weighted by Crippen LogP contribution is 2.60. The molecule has 4 aromatic rings. The molecule has 1 aromatic heterocycles. The molecule has 0 bridgehead atoms. The molecule has 3 aromatic carbocycles. The molecule has 1 N–H and O–H groups in total. The van der Waals surface area contributed by atoms with Crippen LogP contribution in [0.2, 0.25) is 18.6 Å². The van der Waals surface area contributed by atoms with Crippen molar-refractivity contribution < 1.29 is 38.6 Å². The third-order valence-electron chi connectivity index (χ3n) is 11.4. The average molecular weight is 769 g/mol. The highest BCUT2D eigenvalue weighted by Gasteiger charge is 2.66. The molecule has 3 aliphatic rings. The number of amides is 2. The van der Waals surface area contributed by atoms with Gasteiger partial charge in [-0.25, -0.2) is 0 Å². The van der Waals surface area contributed by atoms with Crippen LogP contribution in [0.1, 0.15) is 43.5 Å². The zero-order valence-electron chi connectivity index (χ0n) is 31.4. The third kappa shape index (κ3) is 6.67. The number of β-lactam (4-membered cyclic amide) rings is 1. The summed E-state index contributed by atoms with van der Waals surface area (Å²) in [4.78, 5) is 53.9. The summed E-state index contributed by atoms with van der Waals surface area (Å²) in [5.74, 6) is -0.603. The molecule has 0 aliphatic carbocycles. The van der Waals surface area contributed by atoms with Gasteiger partial charge in [0.1, 0.15) is 5.75 Å². The molecule has 4 heterocycles. The number of nitrogens with zero attached hydrogens (tertiary/aromatic N) is 6. The molecule has 16 heteroatoms. The van der Waals surface area contributed by atoms with Crippen molar-refractivity contribution in [2.45, 2.75) is 82.8 Å². The summed E-state index contributed by atoms with van der Waals surface area (Å²) in [6.45, 7) is 8.40. The van der Waals surface area contributed by atoms with E-state index in [0.717, 1.165) is 16.5 Å². The van der Waals surface area contributed by atoms with Crippen molar-refractivity contribution in [3.8, 4) is 5.75 Å². The number of anilines is 2. The largest absolute Gasteiger partial charge is 0.497 e. The second-order valence-electron chi connectivity index (χ2n) is 14.9. The Morgan fingerprint density at radius 3 is 2.47 bits per heavy atom. The normalized spacial score (nSPS) is 23.2. The summed E-state index contributed by atoms with van der Waals surface area (Å²) >= 11 is 0. The Kier molecular flexibility index (Phi) is 10.1. The van der Waals surface area contributed by atoms with Gasteiger partial charge in [0, 0.05) is 62.0 Å². The number of methoxy groups -OCH3 is 1. The maximum absolute atomic E-state index is 15.2. The number of fused-ring (bicyclic) bond motifs is 2. The molecule has 1 unspecified atom stereocenters. The van der Waals surface area contributed by atoms with Gasteiger partial charge in [-0.15, -0.1) is 5.10 Å². The van der Waals surface area contributed by atoms with Crippen LogP contribution in [-0.4, -0.2) is 76.9 Å². The first-order valence-electron chi connectivity index (χ1n) is 18.3. The minimum absolute atomic E-state index is 0.0445. The lowest BCUT2D eigenvalue weighted by molar-refractivity contribution is -0.385. The highest BCUT2D eigenvalue weighted by molar-refractivity contribution is 6.91. The summed E-state index contributed by atoms with van der Waals surface area (Å²) in [6.07, 6.45) is 1.68. The quantitative estimate of drug-likeness (QED) is 0.0677. The van der Waals surface area contributed by atoms with Crippen molar-refractivity contribution in [2.24, 2.45) is 5.92 Å². The van der Waals surface area contributed by atoms with E-state index in [4.69, 9.17) is 14.2 Å². The summed E-state index contributed by atoms with van der Waals surface area (Å²) in [5.41, 5.74) is 1.21. The second-order valence-corrected chi connectivity index (χ2v) is 19.6. The fraction of sp³-hybridized carbons (Fsp3) is 0.410. The topological polar surface area (TPSA) is 179 Å². The number of aromatic nitrogens is 3. The van der Waals surface area contributed by atoms with Crippen LogP contribution in [0.3, 0.4) is 0 Å². The Balaban J connectivity index is 1.25. The predicted molar refractivity (Wildman–Crippen MR) is 203 cm³/mol. The van der Waals surface area contributed by atoms with Crippen LogP contribution in [0.15, 0.2) is 72.9 Å². The Hall–Kier alpha value is -5.45. The number of nitro benzene ring substituents is 1. The van der Waals surface area contributed by atoms with E-state index in [2.05, 4.69) is 35.5 Å². The minimum Gasteiger partial charge on any atom is -0.497 e. The predicted octanol–water partition coefficient (Wildman–Crippen LogP) is 4.21. The van der Waals surface area contributed by atoms with E-state index in [1.54, 1.807) is 41.1 Å². The van der Waals surface area contributed by atoms with E-state index in [1.807, 2.05) is 31.2 Å². The van der Waals surface area contributed by atoms with E-state index in [1.165, 1.54) is 24.0 Å². The smallest absolute Gasteiger partial charge is 0.304 e. The van der Waals surface area contributed by atoms with Gasteiger partial charge in [-0.1, -0.05) is 54.7 Å². The molecule has 55 heavy (non-hydrogen) atoms. The van der Waals surface area contributed by atoms with Gasteiger partial charge in [0.2, 0.25) is 5.91 Å². The number of hydrogen-bond acceptors (Lipinski definition) is 11. The molecule has 5 atom stereocenters. The molecule has 3 aliphatic heterocycles. The van der Waals surface area contributed by atoms with Gasteiger partial charge in [0.25, 0.3) is 11.6 Å². The lowest BCUT2D eigenvalue weighted by atomic mass is 9.82. The number of aryl methyl sites for hydroxylation is 1. The number of carbonyl (C=O) groups is 3. The van der Waals surface area contributed by atoms with Crippen LogP contribution < -0.4 is 19.7 Å². The lowest BCUT2D eigenvalue weighted by Gasteiger charge is -2.39. The standard InChI is InChI=1S/C39H44N6O9Si/c1-24-37(55(4,5)31-13-11-30(52-3)12-14-31)34(16-18-42-23-27(17-19-46)40-41-42)54-39(24)32-20-29(45(50)51)10-15-33(32)43(38(39)49)22-26-6-8-28(9-7-26)44-35(48)21-36(44)53-25(2)47/h6-15,20,23-24,34,36-37,46H,16-19,21-22H2,1-5H3/t24-,34+,36?,37-,39+/m0/s1. The summed E-state index contributed by atoms with van der Waals surface area (Å²) in [5, 5.41) is 31.2. The van der Waals surface area contributed by atoms with Crippen molar-refractivity contribution in [3.63, 3.8) is 0 Å². The van der Waals surface area contributed by atoms with Crippen LogP contribution in [0, 0.1) is 16.0 Å². The van der Waals surface area contributed by atoms with Crippen LogP contribution in [0.25, 0.3) is 0 Å². The number of nitro groups is 1. The van der Waals surface area contributed by atoms with E-state index in [0.29, 0.717) is 42.0 Å². The molecule has 2 amide bonds. The van der Waals surface area contributed by atoms with Gasteiger partial charge in [0.05, 0.1) is 50.6 Å². The number of aliphatic hydroxyl groups excluding tert-OH is 1. The zero-order valence-corrected chi connectivity index (χ0v) is 32.4. The van der Waals surface area contributed by atoms with Crippen LogP contribution in [0.5, 0.6) is 5.75 Å². The number of aliphatic hydroxyl groups is 1. The van der Waals surface area contributed by atoms with Crippen molar-refractivity contribution >= 4 is 48.1 Å². The molecular weight excluding hydrogens is 725 g/mol. The maximum atomic E-state index is 15.2. The van der Waals surface area contributed by atoms with E-state index in [9.17, 15) is 24.8 Å². The van der Waals surface area contributed by atoms with Crippen molar-refractivity contribution in [1.82, 2.24) is 15.0 Å². The van der Waals surface area contributed by atoms with Gasteiger partial charge >= 0.3 is 5.97 Å². The van der Waals surface area contributed by atoms with Crippen molar-refractivity contribution in [2.75, 3.05) is 23.5 Å². The van der Waals surface area contributed by atoms with Crippen LogP contribution in [0.4, 0.5) is 17.1 Å². The second kappa shape index (κ2) is 14.7. The zero-order chi connectivity index (χ0) is 39.2. The monoisotopic (exact) mass is 768 g/mol. The minimum atomic E-state index is -2.49. The summed E-state index contributed by atoms with van der Waals surface area (Å²) in [7, 11) is -0.872. The molecule has 15 nitrogen and oxygen atoms in total. The maximum Gasteiger partial charge on any atom is 0.304 e. The first-order chi connectivity index (χ1) is 26.3. The number of esters is 1. The molecule has 0 radical (unpaired) electrons. The molecular formula is C39H44N6O9Si. The van der Waals surface area contributed by atoms with E-state index < -0.39 is 42.8 Å². The fourth-order valence-corrected chi connectivity index (χ4v) is 12.8. The van der Waals surface area contributed by atoms with Crippen LogP contribution >= 0.6 is 0 Å². The molecule has 288 valence electrons. The van der Waals surface area contributed by atoms with Gasteiger partial charge < -0.3 is 24.2 Å². The number of carbonyl (C=O) groups excluding carboxylic acids is 3. The third-order valence-corrected chi connectivity index (χ3v) is 15.7. The van der Waals surface area contributed by atoms with Gasteiger partial charge in [-0.3, -0.25) is 34.1 Å². The summed E-state index contributed by atoms with van der Waals surface area (Å²) in [6, 6.07) is 19.7. The molecule has 0 saturated carbocycles. The number of rotatable bonds is 13. The molecule has 2 saturated heterocycles. The van der Waals surface area contributed by atoms with E-state index in [-0.39, 0.29) is 42.6 Å². The highest BCUT2D eigenvalue weighted by atomic mass is 28.3. The summed E-state index contributed by atoms with van der Waals surface area (Å²) < 4.78 is 19.6. The fourth-order valence-electron chi connectivity index (χ4n) is 8.71. The lowest BCUT2D eigenvalue weighted by Crippen LogP contribution is -2.54. The number of hydrogen-bond donors (Lipinski definition) is 1. The number of benzene rings is 3. The van der Waals surface area contributed by atoms with Gasteiger partial charge in [-0.2, -0.15) is 0 Å².